The van der Waals surface area contributed by atoms with E-state index in [-0.39, 0.29) is 11.4 Å². The minimum absolute atomic E-state index is 0.112. The molecule has 0 fully saturated rings. The lowest BCUT2D eigenvalue weighted by Gasteiger charge is -2.20. The number of rotatable bonds is 3. The summed E-state index contributed by atoms with van der Waals surface area (Å²) in [6, 6.07) is 8.31. The SMILES string of the molecule is Cn1cc(CCC(=O)NC(C)(C)C)c2ccccc21. The lowest BCUT2D eigenvalue weighted by Crippen LogP contribution is -2.40. The van der Waals surface area contributed by atoms with Crippen LogP contribution in [0.1, 0.15) is 32.8 Å². The van der Waals surface area contributed by atoms with E-state index in [1.165, 1.54) is 16.5 Å². The van der Waals surface area contributed by atoms with E-state index in [9.17, 15) is 4.79 Å². The fourth-order valence-electron chi connectivity index (χ4n) is 2.35. The number of benzene rings is 1. The molecule has 1 aromatic heterocycles. The first kappa shape index (κ1) is 13.7. The number of amides is 1. The summed E-state index contributed by atoms with van der Waals surface area (Å²) in [5.74, 6) is 0.112. The van der Waals surface area contributed by atoms with E-state index < -0.39 is 0 Å². The molecule has 0 unspecified atom stereocenters. The molecule has 0 aliphatic rings. The largest absolute Gasteiger partial charge is 0.351 e. The number of aryl methyl sites for hydroxylation is 2. The highest BCUT2D eigenvalue weighted by Gasteiger charge is 2.14. The fraction of sp³-hybridized carbons (Fsp3) is 0.438. The number of para-hydroxylation sites is 1. The fourth-order valence-corrected chi connectivity index (χ4v) is 2.35. The van der Waals surface area contributed by atoms with Crippen LogP contribution in [0, 0.1) is 0 Å². The second-order valence-electron chi connectivity index (χ2n) is 6.08. The molecule has 19 heavy (non-hydrogen) atoms. The molecule has 1 N–H and O–H groups in total. The van der Waals surface area contributed by atoms with Gasteiger partial charge < -0.3 is 9.88 Å². The molecule has 0 radical (unpaired) electrons. The van der Waals surface area contributed by atoms with Gasteiger partial charge in [-0.05, 0) is 38.8 Å². The van der Waals surface area contributed by atoms with E-state index in [4.69, 9.17) is 0 Å². The zero-order valence-corrected chi connectivity index (χ0v) is 12.2. The third kappa shape index (κ3) is 3.37. The Balaban J connectivity index is 2.08. The first-order valence-corrected chi connectivity index (χ1v) is 6.71. The van der Waals surface area contributed by atoms with E-state index in [1.807, 2.05) is 40.0 Å². The van der Waals surface area contributed by atoms with Crippen LogP contribution in [-0.4, -0.2) is 16.0 Å². The van der Waals surface area contributed by atoms with E-state index in [0.29, 0.717) is 6.42 Å². The third-order valence-electron chi connectivity index (χ3n) is 3.12. The molecule has 0 atom stereocenters. The van der Waals surface area contributed by atoms with E-state index in [2.05, 4.69) is 28.2 Å². The van der Waals surface area contributed by atoms with E-state index in [1.54, 1.807) is 0 Å². The number of nitrogens with one attached hydrogen (secondary N) is 1. The number of hydrogen-bond donors (Lipinski definition) is 1. The lowest BCUT2D eigenvalue weighted by atomic mass is 10.1. The van der Waals surface area contributed by atoms with Gasteiger partial charge in [-0.25, -0.2) is 0 Å². The first-order chi connectivity index (χ1) is 8.87. The molecule has 0 bridgehead atoms. The molecule has 2 aromatic rings. The van der Waals surface area contributed by atoms with Crippen molar-refractivity contribution < 1.29 is 4.79 Å². The maximum atomic E-state index is 11.9. The molecule has 1 amide bonds. The standard InChI is InChI=1S/C16H22N2O/c1-16(2,3)17-15(19)10-9-12-11-18(4)14-8-6-5-7-13(12)14/h5-8,11H,9-10H2,1-4H3,(H,17,19). The summed E-state index contributed by atoms with van der Waals surface area (Å²) in [5.41, 5.74) is 2.30. The van der Waals surface area contributed by atoms with Gasteiger partial charge in [0.2, 0.25) is 5.91 Å². The maximum Gasteiger partial charge on any atom is 0.220 e. The Morgan fingerprint density at radius 2 is 1.95 bits per heavy atom. The summed E-state index contributed by atoms with van der Waals surface area (Å²) in [4.78, 5) is 11.9. The monoisotopic (exact) mass is 258 g/mol. The summed E-state index contributed by atoms with van der Waals surface area (Å²) >= 11 is 0. The number of carbonyl (C=O) groups excluding carboxylic acids is 1. The lowest BCUT2D eigenvalue weighted by molar-refractivity contribution is -0.122. The summed E-state index contributed by atoms with van der Waals surface area (Å²) in [7, 11) is 2.04. The molecule has 0 aliphatic heterocycles. The predicted molar refractivity (Wildman–Crippen MR) is 79.1 cm³/mol. The van der Waals surface area contributed by atoms with E-state index >= 15 is 0 Å². The second-order valence-corrected chi connectivity index (χ2v) is 6.08. The Bertz CT molecular complexity index is 590. The number of carbonyl (C=O) groups is 1. The minimum Gasteiger partial charge on any atom is -0.351 e. The average Bonchev–Trinajstić information content (AvgIpc) is 2.62. The van der Waals surface area contributed by atoms with Crippen LogP contribution in [0.4, 0.5) is 0 Å². The summed E-state index contributed by atoms with van der Waals surface area (Å²) in [6.07, 6.45) is 3.43. The van der Waals surface area contributed by atoms with Gasteiger partial charge in [-0.2, -0.15) is 0 Å². The highest BCUT2D eigenvalue weighted by atomic mass is 16.1. The highest BCUT2D eigenvalue weighted by molar-refractivity contribution is 5.85. The predicted octanol–water partition coefficient (Wildman–Crippen LogP) is 3.03. The Kier molecular flexibility index (Phi) is 3.65. The quantitative estimate of drug-likeness (QED) is 0.902. The van der Waals surface area contributed by atoms with Gasteiger partial charge in [0.1, 0.15) is 0 Å². The Labute approximate surface area is 114 Å². The molecular formula is C16H22N2O. The molecule has 1 aromatic carbocycles. The van der Waals surface area contributed by atoms with Gasteiger partial charge in [-0.15, -0.1) is 0 Å². The zero-order chi connectivity index (χ0) is 14.0. The summed E-state index contributed by atoms with van der Waals surface area (Å²) < 4.78 is 2.12. The van der Waals surface area contributed by atoms with Gasteiger partial charge in [-0.3, -0.25) is 4.79 Å². The highest BCUT2D eigenvalue weighted by Crippen LogP contribution is 2.21. The molecular weight excluding hydrogens is 236 g/mol. The molecule has 3 nitrogen and oxygen atoms in total. The van der Waals surface area contributed by atoms with Crippen molar-refractivity contribution >= 4 is 16.8 Å². The molecule has 3 heteroatoms. The molecule has 0 aliphatic carbocycles. The van der Waals surface area contributed by atoms with Crippen LogP contribution in [0.5, 0.6) is 0 Å². The third-order valence-corrected chi connectivity index (χ3v) is 3.12. The molecule has 1 heterocycles. The van der Waals surface area contributed by atoms with Crippen LogP contribution < -0.4 is 5.32 Å². The van der Waals surface area contributed by atoms with Gasteiger partial charge in [0, 0.05) is 36.1 Å². The number of fused-ring (bicyclic) bond motifs is 1. The number of nitrogens with zero attached hydrogens (tertiary/aromatic N) is 1. The van der Waals surface area contributed by atoms with Gasteiger partial charge in [0.25, 0.3) is 0 Å². The number of aromatic nitrogens is 1. The van der Waals surface area contributed by atoms with Crippen LogP contribution in [0.2, 0.25) is 0 Å². The van der Waals surface area contributed by atoms with Crippen molar-refractivity contribution in [3.63, 3.8) is 0 Å². The topological polar surface area (TPSA) is 34.0 Å². The van der Waals surface area contributed by atoms with Crippen molar-refractivity contribution in [3.8, 4) is 0 Å². The van der Waals surface area contributed by atoms with Crippen molar-refractivity contribution in [1.29, 1.82) is 0 Å². The molecule has 0 saturated carbocycles. The van der Waals surface area contributed by atoms with Crippen LogP contribution in [0.15, 0.2) is 30.5 Å². The van der Waals surface area contributed by atoms with Crippen LogP contribution in [-0.2, 0) is 18.3 Å². The van der Waals surface area contributed by atoms with Crippen molar-refractivity contribution in [2.24, 2.45) is 7.05 Å². The summed E-state index contributed by atoms with van der Waals surface area (Å²) in [5, 5.41) is 4.24. The van der Waals surface area contributed by atoms with Crippen molar-refractivity contribution in [3.05, 3.63) is 36.0 Å². The Morgan fingerprint density at radius 3 is 2.63 bits per heavy atom. The van der Waals surface area contributed by atoms with Crippen molar-refractivity contribution in [2.75, 3.05) is 0 Å². The van der Waals surface area contributed by atoms with Gasteiger partial charge in [0.15, 0.2) is 0 Å². The molecule has 2 rings (SSSR count). The molecule has 102 valence electrons. The van der Waals surface area contributed by atoms with Crippen LogP contribution >= 0.6 is 0 Å². The van der Waals surface area contributed by atoms with Gasteiger partial charge in [0.05, 0.1) is 0 Å². The second kappa shape index (κ2) is 5.08. The molecule has 0 spiro atoms. The normalized spacial score (nSPS) is 11.8. The summed E-state index contributed by atoms with van der Waals surface area (Å²) in [6.45, 7) is 6.01. The van der Waals surface area contributed by atoms with Crippen molar-refractivity contribution in [2.45, 2.75) is 39.2 Å². The van der Waals surface area contributed by atoms with E-state index in [0.717, 1.165) is 6.42 Å². The van der Waals surface area contributed by atoms with Gasteiger partial charge in [-0.1, -0.05) is 18.2 Å². The Morgan fingerprint density at radius 1 is 1.26 bits per heavy atom. The Hall–Kier alpha value is -1.77. The average molecular weight is 258 g/mol. The maximum absolute atomic E-state index is 11.9. The van der Waals surface area contributed by atoms with Gasteiger partial charge >= 0.3 is 0 Å². The minimum atomic E-state index is -0.157. The molecule has 0 saturated heterocycles. The smallest absolute Gasteiger partial charge is 0.220 e. The number of hydrogen-bond acceptors (Lipinski definition) is 1. The zero-order valence-electron chi connectivity index (χ0n) is 12.2. The first-order valence-electron chi connectivity index (χ1n) is 6.71. The van der Waals surface area contributed by atoms with Crippen LogP contribution in [0.3, 0.4) is 0 Å². The van der Waals surface area contributed by atoms with Crippen LogP contribution in [0.25, 0.3) is 10.9 Å². The van der Waals surface area contributed by atoms with Crippen molar-refractivity contribution in [1.82, 2.24) is 9.88 Å².